The summed E-state index contributed by atoms with van der Waals surface area (Å²) < 4.78 is 10.7. The first-order chi connectivity index (χ1) is 11.3. The molecular formula is C21H17Cl2O2Zr. The molecule has 5 heteroatoms. The zero-order valence-corrected chi connectivity index (χ0v) is 18.4. The molecule has 0 aliphatic carbocycles. The van der Waals surface area contributed by atoms with E-state index in [1.54, 1.807) is 14.2 Å². The Hall–Kier alpha value is -1.41. The topological polar surface area (TPSA) is 18.5 Å². The molecule has 0 saturated heterocycles. The Balaban J connectivity index is 0.00000113. The van der Waals surface area contributed by atoms with Gasteiger partial charge >= 0.3 is 26.2 Å². The van der Waals surface area contributed by atoms with Gasteiger partial charge in [-0.25, -0.2) is 0 Å². The molecule has 0 spiro atoms. The maximum atomic E-state index is 5.37. The van der Waals surface area contributed by atoms with E-state index in [-0.39, 0.29) is 51.0 Å². The molecule has 0 N–H and O–H groups in total. The monoisotopic (exact) mass is 461 g/mol. The number of methoxy groups -OCH3 is 2. The molecule has 26 heavy (non-hydrogen) atoms. The minimum absolute atomic E-state index is 0. The van der Waals surface area contributed by atoms with Crippen LogP contribution in [0.5, 0.6) is 11.5 Å². The van der Waals surface area contributed by atoms with Crippen molar-refractivity contribution in [3.8, 4) is 22.6 Å². The van der Waals surface area contributed by atoms with Crippen LogP contribution in [0.2, 0.25) is 0 Å². The Bertz CT molecular complexity index is 989. The van der Waals surface area contributed by atoms with Crippen LogP contribution in [0.4, 0.5) is 0 Å². The van der Waals surface area contributed by atoms with Gasteiger partial charge in [-0.3, -0.25) is 0 Å². The van der Waals surface area contributed by atoms with Crippen molar-refractivity contribution in [2.24, 2.45) is 0 Å². The van der Waals surface area contributed by atoms with E-state index in [1.165, 1.54) is 21.5 Å². The summed E-state index contributed by atoms with van der Waals surface area (Å²) in [5.74, 6) is 1.60. The minimum Gasteiger partial charge on any atom is -1.00 e. The van der Waals surface area contributed by atoms with Crippen molar-refractivity contribution in [3.63, 3.8) is 0 Å². The van der Waals surface area contributed by atoms with Crippen LogP contribution >= 0.6 is 0 Å². The largest absolute Gasteiger partial charge is 3.00 e. The van der Waals surface area contributed by atoms with Gasteiger partial charge in [0.15, 0.2) is 0 Å². The predicted molar refractivity (Wildman–Crippen MR) is 95.6 cm³/mol. The first-order valence-corrected chi connectivity index (χ1v) is 7.60. The van der Waals surface area contributed by atoms with Crippen LogP contribution in [-0.4, -0.2) is 14.2 Å². The van der Waals surface area contributed by atoms with Gasteiger partial charge in [0, 0.05) is 6.07 Å². The first kappa shape index (κ1) is 22.6. The Labute approximate surface area is 184 Å². The third kappa shape index (κ3) is 4.12. The van der Waals surface area contributed by atoms with Gasteiger partial charge in [0.1, 0.15) is 11.5 Å². The van der Waals surface area contributed by atoms with Crippen molar-refractivity contribution < 1.29 is 60.5 Å². The fraction of sp³-hybridized carbons (Fsp3) is 0.0952. The Morgan fingerprint density at radius 3 is 1.92 bits per heavy atom. The van der Waals surface area contributed by atoms with E-state index in [1.807, 2.05) is 18.2 Å². The molecule has 0 heterocycles. The molecule has 2 nitrogen and oxygen atoms in total. The van der Waals surface area contributed by atoms with Gasteiger partial charge in [-0.05, 0) is 17.7 Å². The number of ether oxygens (including phenoxy) is 2. The Morgan fingerprint density at radius 1 is 0.654 bits per heavy atom. The molecule has 0 aromatic heterocycles. The van der Waals surface area contributed by atoms with E-state index in [9.17, 15) is 0 Å². The van der Waals surface area contributed by atoms with Gasteiger partial charge in [0.25, 0.3) is 0 Å². The van der Waals surface area contributed by atoms with Crippen molar-refractivity contribution in [2.75, 3.05) is 14.2 Å². The molecule has 0 aliphatic heterocycles. The zero-order valence-electron chi connectivity index (χ0n) is 14.4. The second kappa shape index (κ2) is 9.51. The van der Waals surface area contributed by atoms with Gasteiger partial charge in [0.05, 0.1) is 14.2 Å². The summed E-state index contributed by atoms with van der Waals surface area (Å²) >= 11 is 0. The van der Waals surface area contributed by atoms with Crippen molar-refractivity contribution in [3.05, 3.63) is 66.7 Å². The third-order valence-corrected chi connectivity index (χ3v) is 4.30. The van der Waals surface area contributed by atoms with Crippen molar-refractivity contribution >= 4 is 21.5 Å². The smallest absolute Gasteiger partial charge is 1.00 e. The van der Waals surface area contributed by atoms with Gasteiger partial charge in [-0.1, -0.05) is 35.9 Å². The number of benzene rings is 3. The number of hydrogen-bond donors (Lipinski definition) is 0. The molecule has 1 radical (unpaired) electrons. The predicted octanol–water partition coefficient (Wildman–Crippen LogP) is -0.598. The molecule has 0 unspecified atom stereocenters. The molecule has 0 amide bonds. The third-order valence-electron chi connectivity index (χ3n) is 4.30. The van der Waals surface area contributed by atoms with E-state index in [2.05, 4.69) is 48.5 Å². The molecule has 0 atom stereocenters. The molecule has 0 aliphatic rings. The van der Waals surface area contributed by atoms with Crippen LogP contribution in [-0.2, 0) is 26.2 Å². The summed E-state index contributed by atoms with van der Waals surface area (Å²) in [4.78, 5) is 0. The maximum Gasteiger partial charge on any atom is 3.00 e. The maximum absolute atomic E-state index is 5.37. The fourth-order valence-corrected chi connectivity index (χ4v) is 3.12. The van der Waals surface area contributed by atoms with Crippen LogP contribution in [0.15, 0.2) is 66.7 Å². The Morgan fingerprint density at radius 2 is 1.27 bits per heavy atom. The summed E-state index contributed by atoms with van der Waals surface area (Å²) in [6, 6.07) is 23.3. The average molecular weight is 463 g/mol. The molecule has 0 fully saturated rings. The van der Waals surface area contributed by atoms with E-state index in [0.29, 0.717) is 0 Å². The summed E-state index contributed by atoms with van der Waals surface area (Å²) in [5, 5.41) is 5.13. The average Bonchev–Trinajstić information content (AvgIpc) is 2.98. The van der Waals surface area contributed by atoms with Crippen molar-refractivity contribution in [2.45, 2.75) is 0 Å². The van der Waals surface area contributed by atoms with Gasteiger partial charge in [-0.2, -0.15) is 0 Å². The number of fused-ring (bicyclic) bond motifs is 3. The normalized spacial score (nSPS) is 9.77. The molecule has 4 aromatic rings. The zero-order chi connectivity index (χ0) is 15.8. The fourth-order valence-electron chi connectivity index (χ4n) is 3.12. The number of halogens is 2. The molecule has 0 bridgehead atoms. The van der Waals surface area contributed by atoms with Gasteiger partial charge in [-0.15, -0.1) is 39.7 Å². The molecule has 4 aromatic carbocycles. The summed E-state index contributed by atoms with van der Waals surface area (Å²) in [6.07, 6.45) is 0. The number of rotatable bonds is 3. The molecule has 131 valence electrons. The quantitative estimate of drug-likeness (QED) is 0.378. The van der Waals surface area contributed by atoms with Crippen LogP contribution in [0.25, 0.3) is 32.7 Å². The SMILES string of the molecule is COc1cc(OC)cc(-c2ccc3c(c2)[cH-]c2ccccc23)c1.[Cl-].[Cl-].[Zr+3]. The van der Waals surface area contributed by atoms with E-state index >= 15 is 0 Å². The standard InChI is InChI=1S/C21H17O2.2ClH.Zr/c1-22-18-11-16(12-19(13-18)23-2)14-7-8-21-17(9-14)10-15-5-3-4-6-20(15)21;;;/h3-13H,1-2H3;2*1H;/q-1;;;+3/p-2. The van der Waals surface area contributed by atoms with Crippen LogP contribution < -0.4 is 34.3 Å². The van der Waals surface area contributed by atoms with E-state index in [0.717, 1.165) is 22.6 Å². The van der Waals surface area contributed by atoms with Crippen molar-refractivity contribution in [1.29, 1.82) is 0 Å². The second-order valence-corrected chi connectivity index (χ2v) is 5.63. The summed E-state index contributed by atoms with van der Waals surface area (Å²) in [5.41, 5.74) is 2.25. The van der Waals surface area contributed by atoms with Crippen molar-refractivity contribution in [1.82, 2.24) is 0 Å². The van der Waals surface area contributed by atoms with Gasteiger partial charge in [0.2, 0.25) is 0 Å². The first-order valence-electron chi connectivity index (χ1n) is 7.60. The minimum atomic E-state index is 0. The molecular weight excluding hydrogens is 446 g/mol. The van der Waals surface area contributed by atoms with Gasteiger partial charge < -0.3 is 34.3 Å². The molecule has 4 rings (SSSR count). The molecule has 0 saturated carbocycles. The summed E-state index contributed by atoms with van der Waals surface area (Å²) in [6.45, 7) is 0. The van der Waals surface area contributed by atoms with E-state index < -0.39 is 0 Å². The second-order valence-electron chi connectivity index (χ2n) is 5.63. The summed E-state index contributed by atoms with van der Waals surface area (Å²) in [7, 11) is 3.34. The number of hydrogen-bond acceptors (Lipinski definition) is 2. The van der Waals surface area contributed by atoms with Crippen LogP contribution in [0.1, 0.15) is 0 Å². The van der Waals surface area contributed by atoms with E-state index in [4.69, 9.17) is 9.47 Å². The van der Waals surface area contributed by atoms with Crippen LogP contribution in [0.3, 0.4) is 0 Å². The van der Waals surface area contributed by atoms with Crippen LogP contribution in [0, 0.1) is 0 Å². The Kier molecular flexibility index (Phi) is 8.28.